The summed E-state index contributed by atoms with van der Waals surface area (Å²) >= 11 is 0. The SMILES string of the molecule is CCN(CC)CCCC1Oc2ccccc2N(c2ccccc2)S1(O)O.Cl. The molecule has 7 heteroatoms. The van der Waals surface area contributed by atoms with Crippen molar-refractivity contribution in [3.63, 3.8) is 0 Å². The van der Waals surface area contributed by atoms with E-state index in [1.165, 1.54) is 0 Å². The van der Waals surface area contributed by atoms with E-state index < -0.39 is 16.2 Å². The van der Waals surface area contributed by atoms with Gasteiger partial charge in [-0.3, -0.25) is 9.11 Å². The number of ether oxygens (including phenoxy) is 1. The average molecular weight is 413 g/mol. The van der Waals surface area contributed by atoms with Crippen molar-refractivity contribution in [1.82, 2.24) is 4.90 Å². The van der Waals surface area contributed by atoms with E-state index in [1.54, 1.807) is 4.31 Å². The molecule has 3 rings (SSSR count). The zero-order valence-corrected chi connectivity index (χ0v) is 17.5. The normalized spacial score (nSPS) is 19.0. The number of fused-ring (bicyclic) bond motifs is 1. The predicted molar refractivity (Wildman–Crippen MR) is 117 cm³/mol. The molecule has 2 aromatic carbocycles. The third-order valence-electron chi connectivity index (χ3n) is 4.76. The highest BCUT2D eigenvalue weighted by Gasteiger charge is 2.40. The molecule has 27 heavy (non-hydrogen) atoms. The van der Waals surface area contributed by atoms with E-state index in [9.17, 15) is 9.11 Å². The minimum Gasteiger partial charge on any atom is -0.467 e. The maximum absolute atomic E-state index is 11.1. The number of halogens is 1. The van der Waals surface area contributed by atoms with E-state index in [0.717, 1.165) is 31.7 Å². The third-order valence-corrected chi connectivity index (χ3v) is 6.75. The largest absolute Gasteiger partial charge is 0.467 e. The lowest BCUT2D eigenvalue weighted by Crippen LogP contribution is -2.39. The molecule has 0 aromatic heterocycles. The first-order valence-corrected chi connectivity index (χ1v) is 10.7. The zero-order valence-electron chi connectivity index (χ0n) is 15.8. The van der Waals surface area contributed by atoms with E-state index >= 15 is 0 Å². The maximum Gasteiger partial charge on any atom is 0.206 e. The van der Waals surface area contributed by atoms with E-state index in [0.29, 0.717) is 17.9 Å². The minimum absolute atomic E-state index is 0. The molecule has 0 fully saturated rings. The lowest BCUT2D eigenvalue weighted by molar-refractivity contribution is 0.221. The number of hydrogen-bond acceptors (Lipinski definition) is 5. The first-order valence-electron chi connectivity index (χ1n) is 9.18. The summed E-state index contributed by atoms with van der Waals surface area (Å²) in [5.41, 5.74) is 0.809. The third kappa shape index (κ3) is 4.70. The van der Waals surface area contributed by atoms with Crippen LogP contribution in [0.5, 0.6) is 5.75 Å². The summed E-state index contributed by atoms with van der Waals surface area (Å²) in [6.45, 7) is 7.20. The van der Waals surface area contributed by atoms with Gasteiger partial charge in [0.15, 0.2) is 0 Å². The van der Waals surface area contributed by atoms with Crippen LogP contribution in [0.15, 0.2) is 54.6 Å². The van der Waals surface area contributed by atoms with Crippen LogP contribution >= 0.6 is 23.2 Å². The number of benzene rings is 2. The van der Waals surface area contributed by atoms with Crippen molar-refractivity contribution in [2.45, 2.75) is 32.1 Å². The van der Waals surface area contributed by atoms with Crippen LogP contribution in [0.25, 0.3) is 0 Å². The first kappa shape index (κ1) is 21.9. The summed E-state index contributed by atoms with van der Waals surface area (Å²) in [6, 6.07) is 17.0. The van der Waals surface area contributed by atoms with Crippen molar-refractivity contribution in [3.05, 3.63) is 54.6 Å². The van der Waals surface area contributed by atoms with Crippen LogP contribution in [0.2, 0.25) is 0 Å². The van der Waals surface area contributed by atoms with Crippen molar-refractivity contribution >= 4 is 34.6 Å². The summed E-state index contributed by atoms with van der Waals surface area (Å²) in [4.78, 5) is 2.33. The van der Waals surface area contributed by atoms with Gasteiger partial charge in [0.05, 0.1) is 5.69 Å². The zero-order chi connectivity index (χ0) is 18.6. The van der Waals surface area contributed by atoms with E-state index in [2.05, 4.69) is 18.7 Å². The summed E-state index contributed by atoms with van der Waals surface area (Å²) in [5.74, 6) is 0.690. The summed E-state index contributed by atoms with van der Waals surface area (Å²) < 4.78 is 29.9. The van der Waals surface area contributed by atoms with Gasteiger partial charge >= 0.3 is 0 Å². The van der Waals surface area contributed by atoms with Crippen LogP contribution in [0.3, 0.4) is 0 Å². The van der Waals surface area contributed by atoms with E-state index in [-0.39, 0.29) is 12.4 Å². The molecule has 0 saturated carbocycles. The Morgan fingerprint density at radius 1 is 1.00 bits per heavy atom. The van der Waals surface area contributed by atoms with Crippen LogP contribution in [0.1, 0.15) is 26.7 Å². The van der Waals surface area contributed by atoms with Gasteiger partial charge in [0.25, 0.3) is 0 Å². The molecule has 1 unspecified atom stereocenters. The van der Waals surface area contributed by atoms with Crippen LogP contribution < -0.4 is 9.04 Å². The molecule has 1 heterocycles. The van der Waals surface area contributed by atoms with Crippen molar-refractivity contribution < 1.29 is 13.8 Å². The standard InChI is InChI=1S/C20H28N2O3S.ClH/c1-3-21(4-2)16-10-15-20-25-19-14-9-8-13-18(19)22(26(20,23)24)17-11-6-5-7-12-17;/h5-9,11-14,20,23-24H,3-4,10,15-16H2,1-2H3;1H. The molecule has 2 aromatic rings. The Balaban J connectivity index is 0.00000261. The van der Waals surface area contributed by atoms with Crippen LogP contribution in [0, 0.1) is 0 Å². The highest BCUT2D eigenvalue weighted by Crippen LogP contribution is 2.61. The Morgan fingerprint density at radius 3 is 2.30 bits per heavy atom. The second-order valence-electron chi connectivity index (χ2n) is 6.38. The van der Waals surface area contributed by atoms with Crippen molar-refractivity contribution in [3.8, 4) is 5.75 Å². The minimum atomic E-state index is -3.15. The molecule has 0 aliphatic carbocycles. The second kappa shape index (κ2) is 9.66. The summed E-state index contributed by atoms with van der Waals surface area (Å²) in [6.07, 6.45) is 1.45. The Hall–Kier alpha value is -1.44. The van der Waals surface area contributed by atoms with Crippen LogP contribution in [-0.2, 0) is 0 Å². The molecule has 0 radical (unpaired) electrons. The highest BCUT2D eigenvalue weighted by atomic mass is 35.5. The fourth-order valence-electron chi connectivity index (χ4n) is 3.29. The van der Waals surface area contributed by atoms with Crippen molar-refractivity contribution in [1.29, 1.82) is 0 Å². The van der Waals surface area contributed by atoms with Gasteiger partial charge in [0.2, 0.25) is 5.44 Å². The number of rotatable bonds is 7. The molecule has 2 N–H and O–H groups in total. The molecule has 1 aliphatic rings. The summed E-state index contributed by atoms with van der Waals surface area (Å²) in [7, 11) is -3.15. The topological polar surface area (TPSA) is 56.2 Å². The Labute approximate surface area is 169 Å². The van der Waals surface area contributed by atoms with Gasteiger partial charge < -0.3 is 9.64 Å². The van der Waals surface area contributed by atoms with Gasteiger partial charge in [-0.05, 0) is 50.3 Å². The predicted octanol–water partition coefficient (Wildman–Crippen LogP) is 5.75. The van der Waals surface area contributed by atoms with Crippen LogP contribution in [-0.4, -0.2) is 39.1 Å². The molecular weight excluding hydrogens is 384 g/mol. The lowest BCUT2D eigenvalue weighted by atomic mass is 10.2. The van der Waals surface area contributed by atoms with E-state index in [4.69, 9.17) is 4.74 Å². The maximum atomic E-state index is 11.1. The van der Waals surface area contributed by atoms with Crippen molar-refractivity contribution in [2.24, 2.45) is 0 Å². The van der Waals surface area contributed by atoms with Gasteiger partial charge in [-0.2, -0.15) is 0 Å². The summed E-state index contributed by atoms with van der Waals surface area (Å²) in [5, 5.41) is 0. The molecule has 1 atom stereocenters. The molecule has 5 nitrogen and oxygen atoms in total. The number of hydrogen-bond donors (Lipinski definition) is 2. The first-order chi connectivity index (χ1) is 12.6. The number of anilines is 2. The molecule has 150 valence electrons. The fourth-order valence-corrected chi connectivity index (χ4v) is 5.11. The van der Waals surface area contributed by atoms with Crippen molar-refractivity contribution in [2.75, 3.05) is 23.9 Å². The molecule has 1 aliphatic heterocycles. The Bertz CT molecular complexity index is 713. The van der Waals surface area contributed by atoms with E-state index in [1.807, 2.05) is 54.6 Å². The number of para-hydroxylation sites is 3. The van der Waals surface area contributed by atoms with Crippen LogP contribution in [0.4, 0.5) is 11.4 Å². The monoisotopic (exact) mass is 412 g/mol. The quantitative estimate of drug-likeness (QED) is 0.606. The van der Waals surface area contributed by atoms with Gasteiger partial charge in [-0.1, -0.05) is 55.0 Å². The Kier molecular flexibility index (Phi) is 7.82. The van der Waals surface area contributed by atoms with Gasteiger partial charge in [0, 0.05) is 6.42 Å². The van der Waals surface area contributed by atoms with Gasteiger partial charge in [-0.25, -0.2) is 4.31 Å². The fraction of sp³-hybridized carbons (Fsp3) is 0.400. The highest BCUT2D eigenvalue weighted by molar-refractivity contribution is 8.26. The smallest absolute Gasteiger partial charge is 0.206 e. The number of nitrogens with zero attached hydrogens (tertiary/aromatic N) is 2. The molecule has 0 amide bonds. The Morgan fingerprint density at radius 2 is 1.63 bits per heavy atom. The molecule has 0 saturated heterocycles. The molecule has 0 spiro atoms. The lowest BCUT2D eigenvalue weighted by Gasteiger charge is -2.51. The molecular formula is C20H29ClN2O3S. The molecule has 0 bridgehead atoms. The average Bonchev–Trinajstić information content (AvgIpc) is 2.66. The second-order valence-corrected chi connectivity index (χ2v) is 8.39. The van der Waals surface area contributed by atoms with Gasteiger partial charge in [-0.15, -0.1) is 12.4 Å². The van der Waals surface area contributed by atoms with Gasteiger partial charge in [0.1, 0.15) is 11.4 Å².